The van der Waals surface area contributed by atoms with Crippen LogP contribution in [-0.4, -0.2) is 56.2 Å². The molecule has 8 nitrogen and oxygen atoms in total. The Bertz CT molecular complexity index is 1460. The van der Waals surface area contributed by atoms with Crippen LogP contribution in [0.25, 0.3) is 28.0 Å². The largest absolute Gasteiger partial charge is 0.340 e. The van der Waals surface area contributed by atoms with Gasteiger partial charge in [-0.15, -0.1) is 0 Å². The lowest BCUT2D eigenvalue weighted by Gasteiger charge is -2.36. The molecule has 8 heteroatoms. The lowest BCUT2D eigenvalue weighted by molar-refractivity contribution is -0.384. The lowest BCUT2D eigenvalue weighted by Crippen LogP contribution is -2.49. The molecule has 0 aliphatic carbocycles. The van der Waals surface area contributed by atoms with Gasteiger partial charge in [-0.2, -0.15) is 0 Å². The van der Waals surface area contributed by atoms with E-state index in [1.807, 2.05) is 35.2 Å². The number of fused-ring (bicyclic) bond motifs is 1. The topological polar surface area (TPSA) is 84.0 Å². The number of non-ortho nitro benzene ring substituents is 1. The normalized spacial score (nSPS) is 14.7. The van der Waals surface area contributed by atoms with E-state index < -0.39 is 0 Å². The van der Waals surface area contributed by atoms with Crippen LogP contribution in [0.15, 0.2) is 72.9 Å². The highest BCUT2D eigenvalue weighted by Gasteiger charge is 2.26. The molecule has 5 rings (SSSR count). The third-order valence-electron chi connectivity index (χ3n) is 6.93. The van der Waals surface area contributed by atoms with Crippen molar-refractivity contribution in [3.63, 3.8) is 0 Å². The molecule has 0 radical (unpaired) electrons. The predicted molar refractivity (Wildman–Crippen MR) is 149 cm³/mol. The first-order valence-electron chi connectivity index (χ1n) is 13.0. The summed E-state index contributed by atoms with van der Waals surface area (Å²) in [5, 5.41) is 11.5. The summed E-state index contributed by atoms with van der Waals surface area (Å²) in [4.78, 5) is 33.1. The number of benzene rings is 2. The van der Waals surface area contributed by atoms with Gasteiger partial charge in [-0.05, 0) is 28.7 Å². The van der Waals surface area contributed by atoms with E-state index in [2.05, 4.69) is 54.5 Å². The molecule has 38 heavy (non-hydrogen) atoms. The number of rotatable bonds is 6. The molecule has 0 unspecified atom stereocenters. The van der Waals surface area contributed by atoms with Crippen molar-refractivity contribution in [1.82, 2.24) is 19.2 Å². The van der Waals surface area contributed by atoms with E-state index in [1.54, 1.807) is 12.1 Å². The Balaban J connectivity index is 1.48. The highest BCUT2D eigenvalue weighted by atomic mass is 16.6. The average Bonchev–Trinajstić information content (AvgIpc) is 3.26. The molecular formula is C30H33N5O3. The SMILES string of the molecule is CC(C)(C)CC(=O)N1CCN(Cc2c(-c3cccc([N+](=O)[O-])c3)nc3ccc(-c4ccccc4)cn23)CC1. The van der Waals surface area contributed by atoms with Gasteiger partial charge in [0.1, 0.15) is 5.65 Å². The Kier molecular flexibility index (Phi) is 6.99. The second-order valence-electron chi connectivity index (χ2n) is 11.1. The summed E-state index contributed by atoms with van der Waals surface area (Å²) in [6.07, 6.45) is 2.64. The van der Waals surface area contributed by atoms with Crippen molar-refractivity contribution in [1.29, 1.82) is 0 Å². The van der Waals surface area contributed by atoms with E-state index in [1.165, 1.54) is 6.07 Å². The molecule has 3 heterocycles. The maximum absolute atomic E-state index is 12.7. The number of nitro benzene ring substituents is 1. The zero-order chi connectivity index (χ0) is 26.9. The number of piperazine rings is 1. The van der Waals surface area contributed by atoms with E-state index in [0.717, 1.165) is 46.8 Å². The Morgan fingerprint density at radius 2 is 1.63 bits per heavy atom. The molecule has 1 amide bonds. The highest BCUT2D eigenvalue weighted by molar-refractivity contribution is 5.77. The van der Waals surface area contributed by atoms with E-state index in [0.29, 0.717) is 26.1 Å². The second kappa shape index (κ2) is 10.4. The molecule has 2 aromatic carbocycles. The Labute approximate surface area is 222 Å². The van der Waals surface area contributed by atoms with Gasteiger partial charge in [0.15, 0.2) is 0 Å². The summed E-state index contributed by atoms with van der Waals surface area (Å²) in [6.45, 7) is 9.78. The first-order valence-corrected chi connectivity index (χ1v) is 13.0. The van der Waals surface area contributed by atoms with Crippen molar-refractivity contribution in [3.8, 4) is 22.4 Å². The number of imidazole rings is 1. The maximum Gasteiger partial charge on any atom is 0.270 e. The summed E-state index contributed by atoms with van der Waals surface area (Å²) < 4.78 is 2.10. The fraction of sp³-hybridized carbons (Fsp3) is 0.333. The fourth-order valence-corrected chi connectivity index (χ4v) is 4.98. The minimum absolute atomic E-state index is 0.0333. The first-order chi connectivity index (χ1) is 18.2. The monoisotopic (exact) mass is 511 g/mol. The number of hydrogen-bond donors (Lipinski definition) is 0. The molecule has 4 aromatic rings. The van der Waals surface area contributed by atoms with Gasteiger partial charge in [-0.3, -0.25) is 19.8 Å². The smallest absolute Gasteiger partial charge is 0.270 e. The molecule has 1 aliphatic heterocycles. The quantitative estimate of drug-likeness (QED) is 0.246. The summed E-state index contributed by atoms with van der Waals surface area (Å²) in [7, 11) is 0. The number of amides is 1. The molecule has 1 saturated heterocycles. The summed E-state index contributed by atoms with van der Waals surface area (Å²) in [5.41, 5.74) is 5.42. The minimum atomic E-state index is -0.375. The van der Waals surface area contributed by atoms with Gasteiger partial charge in [0.05, 0.1) is 16.3 Å². The van der Waals surface area contributed by atoms with Crippen LogP contribution < -0.4 is 0 Å². The third-order valence-corrected chi connectivity index (χ3v) is 6.93. The van der Waals surface area contributed by atoms with Crippen molar-refractivity contribution < 1.29 is 9.72 Å². The standard InChI is InChI=1S/C30H33N5O3/c1-30(2,3)19-28(36)33-16-14-32(15-17-33)21-26-29(23-10-7-11-25(18-23)35(37)38)31-27-13-12-24(20-34(26)27)22-8-5-4-6-9-22/h4-13,18,20H,14-17,19,21H2,1-3H3. The number of hydrogen-bond acceptors (Lipinski definition) is 5. The van der Waals surface area contributed by atoms with E-state index in [-0.39, 0.29) is 21.9 Å². The summed E-state index contributed by atoms with van der Waals surface area (Å²) >= 11 is 0. The molecule has 1 aliphatic rings. The van der Waals surface area contributed by atoms with Gasteiger partial charge < -0.3 is 9.30 Å². The van der Waals surface area contributed by atoms with Gasteiger partial charge in [0, 0.05) is 63.0 Å². The van der Waals surface area contributed by atoms with Gasteiger partial charge in [-0.25, -0.2) is 4.98 Å². The average molecular weight is 512 g/mol. The predicted octanol–water partition coefficient (Wildman–Crippen LogP) is 5.66. The number of carbonyl (C=O) groups is 1. The van der Waals surface area contributed by atoms with Crippen LogP contribution in [0.2, 0.25) is 0 Å². The number of aromatic nitrogens is 2. The van der Waals surface area contributed by atoms with Crippen molar-refractivity contribution in [2.75, 3.05) is 26.2 Å². The van der Waals surface area contributed by atoms with Crippen LogP contribution in [0, 0.1) is 15.5 Å². The molecule has 0 spiro atoms. The number of carbonyl (C=O) groups excluding carboxylic acids is 1. The number of nitrogens with zero attached hydrogens (tertiary/aromatic N) is 5. The van der Waals surface area contributed by atoms with Crippen LogP contribution in [0.4, 0.5) is 5.69 Å². The van der Waals surface area contributed by atoms with Gasteiger partial charge in [0.2, 0.25) is 5.91 Å². The first kappa shape index (κ1) is 25.6. The zero-order valence-corrected chi connectivity index (χ0v) is 22.1. The van der Waals surface area contributed by atoms with Crippen LogP contribution in [0.3, 0.4) is 0 Å². The maximum atomic E-state index is 12.7. The molecule has 2 aromatic heterocycles. The molecule has 0 atom stereocenters. The zero-order valence-electron chi connectivity index (χ0n) is 22.1. The molecule has 0 saturated carbocycles. The van der Waals surface area contributed by atoms with Crippen molar-refractivity contribution in [2.45, 2.75) is 33.7 Å². The highest BCUT2D eigenvalue weighted by Crippen LogP contribution is 2.30. The summed E-state index contributed by atoms with van der Waals surface area (Å²) in [5.74, 6) is 0.205. The summed E-state index contributed by atoms with van der Waals surface area (Å²) in [6, 6.07) is 20.9. The molecule has 196 valence electrons. The fourth-order valence-electron chi connectivity index (χ4n) is 4.98. The van der Waals surface area contributed by atoms with Crippen molar-refractivity contribution >= 4 is 17.2 Å². The van der Waals surface area contributed by atoms with Crippen LogP contribution >= 0.6 is 0 Å². The van der Waals surface area contributed by atoms with E-state index in [4.69, 9.17) is 4.98 Å². The number of pyridine rings is 1. The Morgan fingerprint density at radius 3 is 2.32 bits per heavy atom. The molecule has 0 N–H and O–H groups in total. The van der Waals surface area contributed by atoms with Crippen LogP contribution in [0.1, 0.15) is 32.9 Å². The number of nitro groups is 1. The van der Waals surface area contributed by atoms with Gasteiger partial charge in [-0.1, -0.05) is 63.2 Å². The molecular weight excluding hydrogens is 478 g/mol. The van der Waals surface area contributed by atoms with Gasteiger partial charge in [0.25, 0.3) is 5.69 Å². The third kappa shape index (κ3) is 5.60. The van der Waals surface area contributed by atoms with Crippen LogP contribution in [-0.2, 0) is 11.3 Å². The van der Waals surface area contributed by atoms with E-state index in [9.17, 15) is 14.9 Å². The second-order valence-corrected chi connectivity index (χ2v) is 11.1. The molecule has 1 fully saturated rings. The van der Waals surface area contributed by atoms with Gasteiger partial charge >= 0.3 is 0 Å². The van der Waals surface area contributed by atoms with E-state index >= 15 is 0 Å². The van der Waals surface area contributed by atoms with Crippen molar-refractivity contribution in [3.05, 3.63) is 88.7 Å². The van der Waals surface area contributed by atoms with Crippen molar-refractivity contribution in [2.24, 2.45) is 5.41 Å². The minimum Gasteiger partial charge on any atom is -0.340 e. The van der Waals surface area contributed by atoms with Crippen LogP contribution in [0.5, 0.6) is 0 Å². The molecule has 0 bridgehead atoms. The lowest BCUT2D eigenvalue weighted by atomic mass is 9.91. The Hall–Kier alpha value is -4.04. The Morgan fingerprint density at radius 1 is 0.921 bits per heavy atom.